The lowest BCUT2D eigenvalue weighted by atomic mass is 10.6. The highest BCUT2D eigenvalue weighted by atomic mass is 32.2. The van der Waals surface area contributed by atoms with Crippen molar-refractivity contribution in [2.45, 2.75) is 19.1 Å². The van der Waals surface area contributed by atoms with Gasteiger partial charge in [-0.3, -0.25) is 4.72 Å². The van der Waals surface area contributed by atoms with E-state index in [4.69, 9.17) is 5.11 Å². The first-order valence-electron chi connectivity index (χ1n) is 2.81. The van der Waals surface area contributed by atoms with Gasteiger partial charge in [0.1, 0.15) is 0 Å². The third kappa shape index (κ3) is 2.72. The molecule has 0 aliphatic carbocycles. The molecular weight excluding hydrogens is 154 g/mol. The first-order chi connectivity index (χ1) is 4.50. The van der Waals surface area contributed by atoms with Crippen LogP contribution in [0.25, 0.3) is 0 Å². The molecule has 60 valence electrons. The van der Waals surface area contributed by atoms with Crippen molar-refractivity contribution in [3.63, 3.8) is 0 Å². The molecule has 0 spiro atoms. The molecule has 5 heteroatoms. The molecular formula is C5H11NO3S. The van der Waals surface area contributed by atoms with Crippen LogP contribution in [-0.4, -0.2) is 18.8 Å². The van der Waals surface area contributed by atoms with Gasteiger partial charge in [-0.2, -0.15) is 0 Å². The Kier molecular flexibility index (Phi) is 3.21. The van der Waals surface area contributed by atoms with Crippen LogP contribution in [0.4, 0.5) is 0 Å². The zero-order chi connectivity index (χ0) is 8.20. The van der Waals surface area contributed by atoms with E-state index in [0.29, 0.717) is 6.26 Å². The Morgan fingerprint density at radius 1 is 1.50 bits per heavy atom. The van der Waals surface area contributed by atoms with Crippen LogP contribution in [0, 0.1) is 0 Å². The summed E-state index contributed by atoms with van der Waals surface area (Å²) in [7, 11) is -3.26. The minimum Gasteiger partial charge on any atom is -0.514 e. The van der Waals surface area contributed by atoms with Gasteiger partial charge >= 0.3 is 0 Å². The van der Waals surface area contributed by atoms with Crippen molar-refractivity contribution in [3.8, 4) is 0 Å². The molecule has 0 aromatic carbocycles. The summed E-state index contributed by atoms with van der Waals surface area (Å²) in [4.78, 5) is 0. The fraction of sp³-hybridized carbons (Fsp3) is 0.600. The summed E-state index contributed by atoms with van der Waals surface area (Å²) in [6.45, 7) is 3.10. The standard InChI is InChI=1S/C5H11NO3S/c1-5(2)10(8,9)6-3-4-7/h3-7H,1-2H3/b4-3-. The molecule has 0 fully saturated rings. The van der Waals surface area contributed by atoms with Gasteiger partial charge in [0.15, 0.2) is 0 Å². The Labute approximate surface area is 60.6 Å². The van der Waals surface area contributed by atoms with Crippen LogP contribution in [0.1, 0.15) is 13.8 Å². The lowest BCUT2D eigenvalue weighted by molar-refractivity contribution is 0.470. The quantitative estimate of drug-likeness (QED) is 0.593. The Morgan fingerprint density at radius 2 is 2.00 bits per heavy atom. The van der Waals surface area contributed by atoms with E-state index < -0.39 is 15.3 Å². The molecule has 2 N–H and O–H groups in total. The molecule has 0 saturated heterocycles. The molecule has 0 unspecified atom stereocenters. The van der Waals surface area contributed by atoms with Crippen LogP contribution in [0.15, 0.2) is 12.5 Å². The summed E-state index contributed by atoms with van der Waals surface area (Å²) in [5.41, 5.74) is 0. The number of sulfonamides is 1. The van der Waals surface area contributed by atoms with Crippen molar-refractivity contribution in [1.82, 2.24) is 4.72 Å². The Bertz CT molecular complexity index is 205. The van der Waals surface area contributed by atoms with E-state index in [9.17, 15) is 8.42 Å². The van der Waals surface area contributed by atoms with E-state index in [1.54, 1.807) is 13.8 Å². The topological polar surface area (TPSA) is 66.4 Å². The van der Waals surface area contributed by atoms with Gasteiger partial charge in [-0.05, 0) is 13.8 Å². The molecule has 4 nitrogen and oxygen atoms in total. The average molecular weight is 165 g/mol. The summed E-state index contributed by atoms with van der Waals surface area (Å²) in [5, 5.41) is 7.62. The summed E-state index contributed by atoms with van der Waals surface area (Å²) in [6.07, 6.45) is 1.61. The maximum atomic E-state index is 10.8. The maximum Gasteiger partial charge on any atom is 0.234 e. The zero-order valence-corrected chi connectivity index (χ0v) is 6.72. The van der Waals surface area contributed by atoms with Gasteiger partial charge in [0.25, 0.3) is 0 Å². The largest absolute Gasteiger partial charge is 0.514 e. The monoisotopic (exact) mass is 165 g/mol. The van der Waals surface area contributed by atoms with Crippen LogP contribution in [0.5, 0.6) is 0 Å². The Morgan fingerprint density at radius 3 is 2.30 bits per heavy atom. The van der Waals surface area contributed by atoms with Gasteiger partial charge in [-0.25, -0.2) is 8.42 Å². The van der Waals surface area contributed by atoms with Crippen LogP contribution >= 0.6 is 0 Å². The van der Waals surface area contributed by atoms with E-state index in [1.165, 1.54) is 0 Å². The van der Waals surface area contributed by atoms with Crippen LogP contribution in [0.2, 0.25) is 0 Å². The molecule has 0 aromatic heterocycles. The summed E-state index contributed by atoms with van der Waals surface area (Å²) >= 11 is 0. The Hall–Kier alpha value is -0.710. The SMILES string of the molecule is CC(C)S(=O)(=O)N/C=C\O. The normalized spacial score (nSPS) is 12.7. The summed E-state index contributed by atoms with van der Waals surface area (Å²) in [5.74, 6) is 0. The van der Waals surface area contributed by atoms with E-state index in [-0.39, 0.29) is 0 Å². The first kappa shape index (κ1) is 9.29. The zero-order valence-electron chi connectivity index (χ0n) is 5.90. The fourth-order valence-corrected chi connectivity index (χ4v) is 0.784. The van der Waals surface area contributed by atoms with Crippen LogP contribution < -0.4 is 4.72 Å². The van der Waals surface area contributed by atoms with E-state index in [2.05, 4.69) is 0 Å². The van der Waals surface area contributed by atoms with Crippen LogP contribution in [0.3, 0.4) is 0 Å². The van der Waals surface area contributed by atoms with Crippen molar-refractivity contribution in [2.24, 2.45) is 0 Å². The number of hydrogen-bond donors (Lipinski definition) is 2. The molecule has 0 amide bonds. The molecule has 0 aliphatic rings. The minimum absolute atomic E-state index is 0.483. The highest BCUT2D eigenvalue weighted by Gasteiger charge is 2.12. The fourth-order valence-electron chi connectivity index (χ4n) is 0.261. The number of aliphatic hydroxyl groups excluding tert-OH is 1. The molecule has 0 bridgehead atoms. The van der Waals surface area contributed by atoms with Gasteiger partial charge < -0.3 is 5.11 Å². The van der Waals surface area contributed by atoms with Crippen molar-refractivity contribution < 1.29 is 13.5 Å². The van der Waals surface area contributed by atoms with E-state index in [1.807, 2.05) is 4.72 Å². The van der Waals surface area contributed by atoms with Gasteiger partial charge in [0.2, 0.25) is 10.0 Å². The van der Waals surface area contributed by atoms with Gasteiger partial charge in [0, 0.05) is 6.20 Å². The van der Waals surface area contributed by atoms with Crippen molar-refractivity contribution in [2.75, 3.05) is 0 Å². The summed E-state index contributed by atoms with van der Waals surface area (Å²) < 4.78 is 23.7. The smallest absolute Gasteiger partial charge is 0.234 e. The third-order valence-electron chi connectivity index (χ3n) is 0.927. The third-order valence-corrected chi connectivity index (χ3v) is 2.63. The lowest BCUT2D eigenvalue weighted by Gasteiger charge is -2.04. The second-order valence-electron chi connectivity index (χ2n) is 2.03. The molecule has 0 atom stereocenters. The van der Waals surface area contributed by atoms with Crippen molar-refractivity contribution in [3.05, 3.63) is 12.5 Å². The van der Waals surface area contributed by atoms with Crippen molar-refractivity contribution in [1.29, 1.82) is 0 Å². The molecule has 0 heterocycles. The molecule has 0 aliphatic heterocycles. The first-order valence-corrected chi connectivity index (χ1v) is 4.35. The van der Waals surface area contributed by atoms with E-state index >= 15 is 0 Å². The predicted molar refractivity (Wildman–Crippen MR) is 39.0 cm³/mol. The second kappa shape index (κ2) is 3.46. The highest BCUT2D eigenvalue weighted by Crippen LogP contribution is 1.94. The molecule has 0 radical (unpaired) electrons. The number of rotatable bonds is 3. The number of hydrogen-bond acceptors (Lipinski definition) is 3. The van der Waals surface area contributed by atoms with Gasteiger partial charge in [0.05, 0.1) is 11.5 Å². The van der Waals surface area contributed by atoms with Gasteiger partial charge in [-0.15, -0.1) is 0 Å². The number of aliphatic hydroxyl groups is 1. The molecule has 0 aromatic rings. The number of nitrogens with one attached hydrogen (secondary N) is 1. The molecule has 0 rings (SSSR count). The van der Waals surface area contributed by atoms with E-state index in [0.717, 1.165) is 6.20 Å². The molecule has 0 saturated carbocycles. The second-order valence-corrected chi connectivity index (χ2v) is 4.30. The Balaban J connectivity index is 4.16. The van der Waals surface area contributed by atoms with Crippen LogP contribution in [-0.2, 0) is 10.0 Å². The predicted octanol–water partition coefficient (Wildman–Crippen LogP) is 0.343. The maximum absolute atomic E-state index is 10.8. The van der Waals surface area contributed by atoms with Gasteiger partial charge in [-0.1, -0.05) is 0 Å². The molecule has 10 heavy (non-hydrogen) atoms. The highest BCUT2D eigenvalue weighted by molar-refractivity contribution is 7.90. The minimum atomic E-state index is -3.26. The average Bonchev–Trinajstić information content (AvgIpc) is 1.84. The summed E-state index contributed by atoms with van der Waals surface area (Å²) in [6, 6.07) is 0. The lowest BCUT2D eigenvalue weighted by Crippen LogP contribution is -2.26. The van der Waals surface area contributed by atoms with Crippen molar-refractivity contribution >= 4 is 10.0 Å².